The van der Waals surface area contributed by atoms with Crippen molar-refractivity contribution in [1.82, 2.24) is 14.6 Å². The van der Waals surface area contributed by atoms with Gasteiger partial charge >= 0.3 is 0 Å². The zero-order valence-corrected chi connectivity index (χ0v) is 11.0. The normalized spacial score (nSPS) is 12.5. The maximum Gasteiger partial charge on any atom is 0.266 e. The third kappa shape index (κ3) is 2.58. The lowest BCUT2D eigenvalue weighted by molar-refractivity contribution is 0.610. The monoisotopic (exact) mass is 273 g/mol. The van der Waals surface area contributed by atoms with Crippen molar-refractivity contribution in [3.05, 3.63) is 24.2 Å². The van der Waals surface area contributed by atoms with E-state index in [0.29, 0.717) is 5.92 Å². The Bertz CT molecular complexity index is 649. The molecule has 92 valence electrons. The summed E-state index contributed by atoms with van der Waals surface area (Å²) in [4.78, 5) is 4.04. The van der Waals surface area contributed by atoms with Gasteiger partial charge in [0.15, 0.2) is 5.65 Å². The lowest BCUT2D eigenvalue weighted by Crippen LogP contribution is -2.00. The zero-order valence-electron chi connectivity index (χ0n) is 9.46. The molecule has 0 aliphatic rings. The molecular formula is C10H12ClN3O2S. The molecule has 2 heterocycles. The molecule has 2 aromatic rings. The van der Waals surface area contributed by atoms with Gasteiger partial charge in [0.25, 0.3) is 9.05 Å². The van der Waals surface area contributed by atoms with Gasteiger partial charge in [-0.15, -0.1) is 0 Å². The fourth-order valence-electron chi connectivity index (χ4n) is 1.64. The highest BCUT2D eigenvalue weighted by Gasteiger charge is 2.18. The van der Waals surface area contributed by atoms with Gasteiger partial charge in [0.05, 0.1) is 6.20 Å². The standard InChI is InChI=1S/C10H12ClN3O2S/c1-7(2)3-8-4-12-10-9(17(11,15)16)5-13-14(10)6-8/h4-7H,3H2,1-2H3. The first-order chi connectivity index (χ1) is 7.88. The fraction of sp³-hybridized carbons (Fsp3) is 0.400. The van der Waals surface area contributed by atoms with Crippen molar-refractivity contribution >= 4 is 25.4 Å². The van der Waals surface area contributed by atoms with Crippen molar-refractivity contribution in [2.24, 2.45) is 5.92 Å². The van der Waals surface area contributed by atoms with Gasteiger partial charge in [-0.1, -0.05) is 13.8 Å². The van der Waals surface area contributed by atoms with Crippen LogP contribution in [0.1, 0.15) is 19.4 Å². The number of rotatable bonds is 3. The first-order valence-corrected chi connectivity index (χ1v) is 7.46. The molecule has 0 radical (unpaired) electrons. The number of nitrogens with zero attached hydrogens (tertiary/aromatic N) is 3. The highest BCUT2D eigenvalue weighted by molar-refractivity contribution is 8.13. The van der Waals surface area contributed by atoms with Crippen molar-refractivity contribution in [2.45, 2.75) is 25.2 Å². The molecule has 0 amide bonds. The smallest absolute Gasteiger partial charge is 0.236 e. The third-order valence-corrected chi connectivity index (χ3v) is 3.60. The number of fused-ring (bicyclic) bond motifs is 1. The number of hydrogen-bond donors (Lipinski definition) is 0. The summed E-state index contributed by atoms with van der Waals surface area (Å²) >= 11 is 0. The molecule has 0 bridgehead atoms. The van der Waals surface area contributed by atoms with Crippen LogP contribution in [0.3, 0.4) is 0 Å². The van der Waals surface area contributed by atoms with Gasteiger partial charge in [0, 0.05) is 23.1 Å². The average molecular weight is 274 g/mol. The van der Waals surface area contributed by atoms with E-state index < -0.39 is 9.05 Å². The summed E-state index contributed by atoms with van der Waals surface area (Å²) in [6.45, 7) is 4.20. The second-order valence-electron chi connectivity index (χ2n) is 4.28. The van der Waals surface area contributed by atoms with Gasteiger partial charge in [-0.25, -0.2) is 17.9 Å². The second kappa shape index (κ2) is 4.27. The van der Waals surface area contributed by atoms with Crippen LogP contribution in [-0.4, -0.2) is 23.0 Å². The van der Waals surface area contributed by atoms with Crippen molar-refractivity contribution in [3.8, 4) is 0 Å². The Hall–Kier alpha value is -1.14. The van der Waals surface area contributed by atoms with Crippen molar-refractivity contribution in [3.63, 3.8) is 0 Å². The topological polar surface area (TPSA) is 64.3 Å². The summed E-state index contributed by atoms with van der Waals surface area (Å²) < 4.78 is 23.9. The summed E-state index contributed by atoms with van der Waals surface area (Å²) in [5.74, 6) is 0.501. The van der Waals surface area contributed by atoms with Gasteiger partial charge < -0.3 is 0 Å². The van der Waals surface area contributed by atoms with Gasteiger partial charge in [-0.3, -0.25) is 0 Å². The van der Waals surface area contributed by atoms with Gasteiger partial charge in [0.2, 0.25) is 0 Å². The molecule has 2 aromatic heterocycles. The van der Waals surface area contributed by atoms with Crippen LogP contribution >= 0.6 is 10.7 Å². The average Bonchev–Trinajstić information content (AvgIpc) is 2.58. The van der Waals surface area contributed by atoms with Crippen LogP contribution in [0, 0.1) is 5.92 Å². The van der Waals surface area contributed by atoms with E-state index in [1.165, 1.54) is 10.7 Å². The predicted octanol–water partition coefficient (Wildman–Crippen LogP) is 1.86. The number of hydrogen-bond acceptors (Lipinski definition) is 4. The Morgan fingerprint density at radius 3 is 2.71 bits per heavy atom. The highest BCUT2D eigenvalue weighted by Crippen LogP contribution is 2.19. The molecule has 0 saturated heterocycles. The summed E-state index contributed by atoms with van der Waals surface area (Å²) in [6.07, 6.45) is 5.51. The molecule has 0 atom stereocenters. The van der Waals surface area contributed by atoms with E-state index in [2.05, 4.69) is 23.9 Å². The number of aromatic nitrogens is 3. The van der Waals surface area contributed by atoms with Gasteiger partial charge in [0.1, 0.15) is 4.90 Å². The molecule has 0 saturated carbocycles. The largest absolute Gasteiger partial charge is 0.266 e. The second-order valence-corrected chi connectivity index (χ2v) is 6.81. The summed E-state index contributed by atoms with van der Waals surface area (Å²) in [5, 5.41) is 3.94. The van der Waals surface area contributed by atoms with Gasteiger partial charge in [-0.05, 0) is 17.9 Å². The quantitative estimate of drug-likeness (QED) is 0.801. The molecule has 0 unspecified atom stereocenters. The summed E-state index contributed by atoms with van der Waals surface area (Å²) in [5.41, 5.74) is 1.27. The maximum absolute atomic E-state index is 11.2. The van der Waals surface area contributed by atoms with Crippen molar-refractivity contribution in [1.29, 1.82) is 0 Å². The maximum atomic E-state index is 11.2. The molecule has 0 aliphatic heterocycles. The molecule has 5 nitrogen and oxygen atoms in total. The molecule has 2 rings (SSSR count). The van der Waals surface area contributed by atoms with E-state index in [4.69, 9.17) is 10.7 Å². The Morgan fingerprint density at radius 2 is 2.12 bits per heavy atom. The first kappa shape index (κ1) is 12.3. The SMILES string of the molecule is CC(C)Cc1cnc2c(S(=O)(=O)Cl)cnn2c1. The van der Waals surface area contributed by atoms with Gasteiger partial charge in [-0.2, -0.15) is 5.10 Å². The zero-order chi connectivity index (χ0) is 12.6. The van der Waals surface area contributed by atoms with Crippen LogP contribution in [0.2, 0.25) is 0 Å². The Balaban J connectivity index is 2.52. The van der Waals surface area contributed by atoms with E-state index >= 15 is 0 Å². The van der Waals surface area contributed by atoms with Crippen LogP contribution in [-0.2, 0) is 15.5 Å². The van der Waals surface area contributed by atoms with E-state index in [9.17, 15) is 8.42 Å². The van der Waals surface area contributed by atoms with Crippen LogP contribution in [0.5, 0.6) is 0 Å². The molecule has 0 spiro atoms. The predicted molar refractivity (Wildman–Crippen MR) is 64.6 cm³/mol. The lowest BCUT2D eigenvalue weighted by Gasteiger charge is -2.04. The van der Waals surface area contributed by atoms with Crippen molar-refractivity contribution < 1.29 is 8.42 Å². The Morgan fingerprint density at radius 1 is 1.41 bits per heavy atom. The molecule has 7 heteroatoms. The molecule has 0 aromatic carbocycles. The minimum absolute atomic E-state index is 0.0599. The van der Waals surface area contributed by atoms with E-state index in [0.717, 1.165) is 12.0 Å². The van der Waals surface area contributed by atoms with Crippen LogP contribution in [0.15, 0.2) is 23.5 Å². The molecule has 0 N–H and O–H groups in total. The summed E-state index contributed by atoms with van der Waals surface area (Å²) in [7, 11) is 1.49. The number of halogens is 1. The third-order valence-electron chi connectivity index (χ3n) is 2.28. The van der Waals surface area contributed by atoms with E-state index in [1.54, 1.807) is 12.4 Å². The van der Waals surface area contributed by atoms with Crippen LogP contribution in [0.25, 0.3) is 5.65 Å². The lowest BCUT2D eigenvalue weighted by atomic mass is 10.1. The van der Waals surface area contributed by atoms with E-state index in [-0.39, 0.29) is 10.5 Å². The molecule has 17 heavy (non-hydrogen) atoms. The molecule has 0 fully saturated rings. The minimum atomic E-state index is -3.80. The summed E-state index contributed by atoms with van der Waals surface area (Å²) in [6, 6.07) is 0. The Labute approximate surface area is 104 Å². The fourth-order valence-corrected chi connectivity index (χ4v) is 2.50. The van der Waals surface area contributed by atoms with E-state index in [1.807, 2.05) is 0 Å². The molecule has 0 aliphatic carbocycles. The Kier molecular flexibility index (Phi) is 3.09. The minimum Gasteiger partial charge on any atom is -0.236 e. The van der Waals surface area contributed by atoms with Crippen LogP contribution < -0.4 is 0 Å². The van der Waals surface area contributed by atoms with Crippen LogP contribution in [0.4, 0.5) is 0 Å². The first-order valence-electron chi connectivity index (χ1n) is 5.15. The molecular weight excluding hydrogens is 262 g/mol. The van der Waals surface area contributed by atoms with Crippen molar-refractivity contribution in [2.75, 3.05) is 0 Å². The highest BCUT2D eigenvalue weighted by atomic mass is 35.7.